The van der Waals surface area contributed by atoms with Crippen molar-refractivity contribution in [3.63, 3.8) is 0 Å². The van der Waals surface area contributed by atoms with E-state index in [0.29, 0.717) is 0 Å². The van der Waals surface area contributed by atoms with Crippen LogP contribution in [0.1, 0.15) is 27.7 Å². The first-order chi connectivity index (χ1) is 6.95. The summed E-state index contributed by atoms with van der Waals surface area (Å²) >= 11 is -3.71. The summed E-state index contributed by atoms with van der Waals surface area (Å²) in [6, 6.07) is 0. The molecule has 0 heterocycles. The minimum absolute atomic E-state index is 0.0383. The molecule has 0 saturated carbocycles. The minimum atomic E-state index is -3.71. The van der Waals surface area contributed by atoms with E-state index >= 15 is 0 Å². The van der Waals surface area contributed by atoms with Crippen molar-refractivity contribution in [3.05, 3.63) is 25.7 Å². The molecular weight excluding hydrogens is 232 g/mol. The standard InChI is InChI=1S/2C3H7O.2C2H4O.Ti/c2*1-3(2)4;2*1-2-3;/h2*3H,1-2H3;2*2-3H,1H2;/q2*-1;;;+4/p-2. The van der Waals surface area contributed by atoms with Gasteiger partial charge in [0.25, 0.3) is 0 Å². The van der Waals surface area contributed by atoms with Gasteiger partial charge in [-0.25, -0.2) is 0 Å². The molecule has 0 unspecified atom stereocenters. The van der Waals surface area contributed by atoms with Crippen molar-refractivity contribution in [2.24, 2.45) is 0 Å². The molecule has 4 nitrogen and oxygen atoms in total. The summed E-state index contributed by atoms with van der Waals surface area (Å²) in [5, 5.41) is 0. The Morgan fingerprint density at radius 1 is 0.867 bits per heavy atom. The molecule has 0 bridgehead atoms. The molecule has 0 aromatic heterocycles. The van der Waals surface area contributed by atoms with E-state index in [-0.39, 0.29) is 12.2 Å². The third kappa shape index (κ3) is 6.00. The van der Waals surface area contributed by atoms with Gasteiger partial charge in [0, 0.05) is 0 Å². The van der Waals surface area contributed by atoms with Gasteiger partial charge in [-0.05, 0) is 0 Å². The van der Waals surface area contributed by atoms with Gasteiger partial charge in [0.2, 0.25) is 0 Å². The first-order valence-corrected chi connectivity index (χ1v) is 7.44. The Balaban J connectivity index is 4.69. The van der Waals surface area contributed by atoms with Crippen LogP contribution < -0.4 is 0 Å². The van der Waals surface area contributed by atoms with E-state index in [2.05, 4.69) is 13.2 Å². The van der Waals surface area contributed by atoms with Crippen LogP contribution in [0, 0.1) is 0 Å². The molecule has 5 heteroatoms. The maximum absolute atomic E-state index is 5.61. The maximum atomic E-state index is 5.61. The second kappa shape index (κ2) is 7.06. The molecular formula is C10H20O4Ti. The summed E-state index contributed by atoms with van der Waals surface area (Å²) in [6.07, 6.45) is 2.50. The van der Waals surface area contributed by atoms with Gasteiger partial charge in [0.05, 0.1) is 0 Å². The molecule has 0 fully saturated rings. The van der Waals surface area contributed by atoms with E-state index in [1.165, 1.54) is 12.5 Å². The van der Waals surface area contributed by atoms with Gasteiger partial charge < -0.3 is 0 Å². The van der Waals surface area contributed by atoms with Crippen molar-refractivity contribution in [2.45, 2.75) is 39.9 Å². The van der Waals surface area contributed by atoms with Gasteiger partial charge in [0.1, 0.15) is 0 Å². The summed E-state index contributed by atoms with van der Waals surface area (Å²) < 4.78 is 21.8. The molecule has 0 amide bonds. The van der Waals surface area contributed by atoms with E-state index < -0.39 is 18.1 Å². The molecule has 88 valence electrons. The summed E-state index contributed by atoms with van der Waals surface area (Å²) in [5.74, 6) is 0. The quantitative estimate of drug-likeness (QED) is 0.491. The SMILES string of the molecule is C=C[O][Ti]([O]C=C)([O]C(C)C)[O]C(C)C. The Morgan fingerprint density at radius 2 is 1.20 bits per heavy atom. The van der Waals surface area contributed by atoms with Gasteiger partial charge in [-0.2, -0.15) is 0 Å². The zero-order chi connectivity index (χ0) is 11.9. The van der Waals surface area contributed by atoms with Gasteiger partial charge >= 0.3 is 97.0 Å². The van der Waals surface area contributed by atoms with E-state index in [9.17, 15) is 0 Å². The van der Waals surface area contributed by atoms with Crippen LogP contribution in [0.5, 0.6) is 0 Å². The molecule has 0 rings (SSSR count). The molecule has 0 saturated heterocycles. The normalized spacial score (nSPS) is 11.6. The summed E-state index contributed by atoms with van der Waals surface area (Å²) in [6.45, 7) is 14.6. The molecule has 0 spiro atoms. The van der Waals surface area contributed by atoms with Crippen molar-refractivity contribution in [3.8, 4) is 0 Å². The molecule has 0 aromatic rings. The second-order valence-corrected chi connectivity index (χ2v) is 6.44. The molecule has 0 atom stereocenters. The van der Waals surface area contributed by atoms with E-state index in [1.807, 2.05) is 27.7 Å². The molecule has 0 aliphatic rings. The monoisotopic (exact) mass is 252 g/mol. The number of rotatable bonds is 8. The number of hydrogen-bond donors (Lipinski definition) is 0. The third-order valence-corrected chi connectivity index (χ3v) is 5.01. The number of hydrogen-bond acceptors (Lipinski definition) is 4. The fourth-order valence-electron chi connectivity index (χ4n) is 0.948. The molecule has 0 aliphatic carbocycles. The molecule has 0 aromatic carbocycles. The first kappa shape index (κ1) is 14.7. The van der Waals surface area contributed by atoms with Crippen LogP contribution >= 0.6 is 0 Å². The zero-order valence-electron chi connectivity index (χ0n) is 9.86. The van der Waals surface area contributed by atoms with Gasteiger partial charge in [-0.15, -0.1) is 0 Å². The molecule has 0 N–H and O–H groups in total. The van der Waals surface area contributed by atoms with Gasteiger partial charge in [0.15, 0.2) is 0 Å². The van der Waals surface area contributed by atoms with Crippen LogP contribution in [0.4, 0.5) is 0 Å². The van der Waals surface area contributed by atoms with E-state index in [4.69, 9.17) is 13.3 Å². The van der Waals surface area contributed by atoms with Crippen molar-refractivity contribution < 1.29 is 31.4 Å². The van der Waals surface area contributed by atoms with Gasteiger partial charge in [-0.3, -0.25) is 0 Å². The van der Waals surface area contributed by atoms with Crippen LogP contribution in [-0.4, -0.2) is 12.2 Å². The average molecular weight is 252 g/mol. The molecule has 0 aliphatic heterocycles. The fraction of sp³-hybridized carbons (Fsp3) is 0.600. The Labute approximate surface area is 97.1 Å². The first-order valence-electron chi connectivity index (χ1n) is 4.89. The Morgan fingerprint density at radius 3 is 1.40 bits per heavy atom. The van der Waals surface area contributed by atoms with Crippen molar-refractivity contribution in [2.75, 3.05) is 0 Å². The summed E-state index contributed by atoms with van der Waals surface area (Å²) in [5.41, 5.74) is 0. The van der Waals surface area contributed by atoms with E-state index in [1.54, 1.807) is 0 Å². The summed E-state index contributed by atoms with van der Waals surface area (Å²) in [7, 11) is 0. The van der Waals surface area contributed by atoms with Crippen molar-refractivity contribution in [1.82, 2.24) is 0 Å². The Hall–Kier alpha value is -0.286. The fourth-order valence-corrected chi connectivity index (χ4v) is 3.91. The van der Waals surface area contributed by atoms with Crippen LogP contribution in [-0.2, 0) is 31.4 Å². The van der Waals surface area contributed by atoms with Crippen LogP contribution in [0.2, 0.25) is 0 Å². The molecule has 15 heavy (non-hydrogen) atoms. The van der Waals surface area contributed by atoms with Gasteiger partial charge in [-0.1, -0.05) is 0 Å². The Bertz CT molecular complexity index is 182. The van der Waals surface area contributed by atoms with Crippen LogP contribution in [0.15, 0.2) is 25.7 Å². The van der Waals surface area contributed by atoms with Crippen LogP contribution in [0.3, 0.4) is 0 Å². The van der Waals surface area contributed by atoms with Crippen molar-refractivity contribution in [1.29, 1.82) is 0 Å². The summed E-state index contributed by atoms with van der Waals surface area (Å²) in [4.78, 5) is 0. The average Bonchev–Trinajstić information content (AvgIpc) is 2.01. The zero-order valence-corrected chi connectivity index (χ0v) is 11.4. The van der Waals surface area contributed by atoms with Crippen molar-refractivity contribution >= 4 is 0 Å². The molecule has 0 radical (unpaired) electrons. The predicted molar refractivity (Wildman–Crippen MR) is 55.0 cm³/mol. The second-order valence-electron chi connectivity index (χ2n) is 3.40. The third-order valence-electron chi connectivity index (χ3n) is 1.22. The van der Waals surface area contributed by atoms with E-state index in [0.717, 1.165) is 0 Å². The Kier molecular flexibility index (Phi) is 6.93. The topological polar surface area (TPSA) is 36.9 Å². The van der Waals surface area contributed by atoms with Crippen LogP contribution in [0.25, 0.3) is 0 Å². The predicted octanol–water partition coefficient (Wildman–Crippen LogP) is 2.97.